The van der Waals surface area contributed by atoms with Crippen LogP contribution in [0.3, 0.4) is 0 Å². The predicted octanol–water partition coefficient (Wildman–Crippen LogP) is 3.42. The first kappa shape index (κ1) is 13.3. The molecule has 0 aromatic heterocycles. The van der Waals surface area contributed by atoms with E-state index in [1.165, 1.54) is 12.1 Å². The molecule has 0 aliphatic rings. The van der Waals surface area contributed by atoms with Crippen molar-refractivity contribution in [3.05, 3.63) is 29.6 Å². The SMILES string of the molecule is N#Cc1ccc(OCCCC(F)(F)F)c(F)c1. The number of benzene rings is 1. The Labute approximate surface area is 95.4 Å². The van der Waals surface area contributed by atoms with Gasteiger partial charge in [-0.1, -0.05) is 0 Å². The maximum atomic E-state index is 13.2. The number of rotatable bonds is 4. The minimum atomic E-state index is -4.23. The highest BCUT2D eigenvalue weighted by molar-refractivity contribution is 5.35. The zero-order valence-corrected chi connectivity index (χ0v) is 8.72. The Kier molecular flexibility index (Phi) is 4.32. The van der Waals surface area contributed by atoms with Crippen molar-refractivity contribution in [3.63, 3.8) is 0 Å². The van der Waals surface area contributed by atoms with Crippen LogP contribution in [0.4, 0.5) is 17.6 Å². The van der Waals surface area contributed by atoms with Crippen LogP contribution in [0.1, 0.15) is 18.4 Å². The second-order valence-electron chi connectivity index (χ2n) is 3.32. The van der Waals surface area contributed by atoms with E-state index in [0.717, 1.165) is 6.07 Å². The molecule has 6 heteroatoms. The van der Waals surface area contributed by atoms with Crippen LogP contribution in [0.25, 0.3) is 0 Å². The summed E-state index contributed by atoms with van der Waals surface area (Å²) in [5, 5.41) is 8.47. The smallest absolute Gasteiger partial charge is 0.389 e. The van der Waals surface area contributed by atoms with Gasteiger partial charge < -0.3 is 4.74 Å². The second kappa shape index (κ2) is 5.53. The molecule has 2 nitrogen and oxygen atoms in total. The average molecular weight is 247 g/mol. The van der Waals surface area contributed by atoms with Crippen LogP contribution in [0.5, 0.6) is 5.75 Å². The van der Waals surface area contributed by atoms with E-state index in [1.807, 2.05) is 0 Å². The van der Waals surface area contributed by atoms with Gasteiger partial charge >= 0.3 is 6.18 Å². The lowest BCUT2D eigenvalue weighted by atomic mass is 10.2. The first-order valence-corrected chi connectivity index (χ1v) is 4.81. The fourth-order valence-corrected chi connectivity index (χ4v) is 1.14. The molecule has 0 saturated heterocycles. The summed E-state index contributed by atoms with van der Waals surface area (Å²) in [7, 11) is 0. The van der Waals surface area contributed by atoms with E-state index in [4.69, 9.17) is 10.00 Å². The highest BCUT2D eigenvalue weighted by Crippen LogP contribution is 2.22. The number of nitriles is 1. The van der Waals surface area contributed by atoms with Crippen LogP contribution in [-0.4, -0.2) is 12.8 Å². The predicted molar refractivity (Wildman–Crippen MR) is 51.9 cm³/mol. The van der Waals surface area contributed by atoms with Crippen molar-refractivity contribution in [2.24, 2.45) is 0 Å². The van der Waals surface area contributed by atoms with Crippen molar-refractivity contribution >= 4 is 0 Å². The van der Waals surface area contributed by atoms with Gasteiger partial charge in [-0.3, -0.25) is 0 Å². The molecule has 1 aromatic rings. The molecule has 1 rings (SSSR count). The Morgan fingerprint density at radius 3 is 2.53 bits per heavy atom. The molecule has 17 heavy (non-hydrogen) atoms. The van der Waals surface area contributed by atoms with E-state index in [0.29, 0.717) is 0 Å². The molecule has 0 saturated carbocycles. The van der Waals surface area contributed by atoms with Gasteiger partial charge in [0.05, 0.1) is 18.2 Å². The third-order valence-electron chi connectivity index (χ3n) is 1.92. The molecular weight excluding hydrogens is 238 g/mol. The van der Waals surface area contributed by atoms with Crippen molar-refractivity contribution in [1.29, 1.82) is 5.26 Å². The van der Waals surface area contributed by atoms with Crippen LogP contribution < -0.4 is 4.74 Å². The Bertz CT molecular complexity index is 422. The fraction of sp³-hybridized carbons (Fsp3) is 0.364. The monoisotopic (exact) mass is 247 g/mol. The minimum Gasteiger partial charge on any atom is -0.491 e. The average Bonchev–Trinajstić information content (AvgIpc) is 2.24. The van der Waals surface area contributed by atoms with E-state index in [9.17, 15) is 17.6 Å². The standard InChI is InChI=1S/C11H9F4NO/c12-9-6-8(7-16)2-3-10(9)17-5-1-4-11(13,14)15/h2-3,6H,1,4-5H2. The number of nitrogens with zero attached hydrogens (tertiary/aromatic N) is 1. The van der Waals surface area contributed by atoms with E-state index >= 15 is 0 Å². The summed E-state index contributed by atoms with van der Waals surface area (Å²) < 4.78 is 53.4. The molecule has 0 fully saturated rings. The normalized spacial score (nSPS) is 11.0. The van der Waals surface area contributed by atoms with Gasteiger partial charge in [-0.2, -0.15) is 18.4 Å². The third kappa shape index (κ3) is 4.72. The van der Waals surface area contributed by atoms with Crippen molar-refractivity contribution in [3.8, 4) is 11.8 Å². The highest BCUT2D eigenvalue weighted by atomic mass is 19.4. The Hall–Kier alpha value is -1.77. The van der Waals surface area contributed by atoms with Crippen molar-refractivity contribution < 1.29 is 22.3 Å². The summed E-state index contributed by atoms with van der Waals surface area (Å²) in [4.78, 5) is 0. The highest BCUT2D eigenvalue weighted by Gasteiger charge is 2.26. The minimum absolute atomic E-state index is 0.130. The maximum Gasteiger partial charge on any atom is 0.389 e. The zero-order valence-electron chi connectivity index (χ0n) is 8.72. The first-order chi connectivity index (χ1) is 7.92. The molecule has 0 spiro atoms. The lowest BCUT2D eigenvalue weighted by Gasteiger charge is -2.08. The molecule has 0 aliphatic carbocycles. The van der Waals surface area contributed by atoms with Gasteiger partial charge in [0.1, 0.15) is 0 Å². The second-order valence-corrected chi connectivity index (χ2v) is 3.32. The largest absolute Gasteiger partial charge is 0.491 e. The van der Waals surface area contributed by atoms with Crippen LogP contribution >= 0.6 is 0 Å². The molecule has 92 valence electrons. The summed E-state index contributed by atoms with van der Waals surface area (Å²) in [6.45, 7) is -0.220. The van der Waals surface area contributed by atoms with Crippen LogP contribution in [0, 0.1) is 17.1 Å². The van der Waals surface area contributed by atoms with E-state index in [1.54, 1.807) is 6.07 Å². The molecule has 0 amide bonds. The van der Waals surface area contributed by atoms with Crippen molar-refractivity contribution in [2.75, 3.05) is 6.61 Å². The number of hydrogen-bond acceptors (Lipinski definition) is 2. The summed E-state index contributed by atoms with van der Waals surface area (Å²) in [5.74, 6) is -0.901. The Morgan fingerprint density at radius 1 is 1.29 bits per heavy atom. The quantitative estimate of drug-likeness (QED) is 0.603. The molecule has 1 aromatic carbocycles. The van der Waals surface area contributed by atoms with Gasteiger partial charge in [0, 0.05) is 6.42 Å². The number of halogens is 4. The summed E-state index contributed by atoms with van der Waals surface area (Å²) in [6.07, 6.45) is -5.43. The number of alkyl halides is 3. The van der Waals surface area contributed by atoms with Gasteiger partial charge in [-0.25, -0.2) is 4.39 Å². The third-order valence-corrected chi connectivity index (χ3v) is 1.92. The van der Waals surface area contributed by atoms with Crippen LogP contribution in [-0.2, 0) is 0 Å². The van der Waals surface area contributed by atoms with E-state index in [2.05, 4.69) is 0 Å². The van der Waals surface area contributed by atoms with Crippen molar-refractivity contribution in [1.82, 2.24) is 0 Å². The van der Waals surface area contributed by atoms with E-state index < -0.39 is 18.4 Å². The molecular formula is C11H9F4NO. The zero-order chi connectivity index (χ0) is 12.9. The Balaban J connectivity index is 2.45. The van der Waals surface area contributed by atoms with Crippen LogP contribution in [0.15, 0.2) is 18.2 Å². The fourth-order valence-electron chi connectivity index (χ4n) is 1.14. The molecule has 0 heterocycles. The first-order valence-electron chi connectivity index (χ1n) is 4.81. The number of ether oxygens (including phenoxy) is 1. The molecule has 0 aliphatic heterocycles. The lowest BCUT2D eigenvalue weighted by Crippen LogP contribution is -2.10. The van der Waals surface area contributed by atoms with E-state index in [-0.39, 0.29) is 24.3 Å². The van der Waals surface area contributed by atoms with Gasteiger partial charge in [0.2, 0.25) is 0 Å². The summed E-state index contributed by atoms with van der Waals surface area (Å²) in [5.41, 5.74) is 0.130. The van der Waals surface area contributed by atoms with Gasteiger partial charge in [0.15, 0.2) is 11.6 Å². The van der Waals surface area contributed by atoms with Gasteiger partial charge in [-0.15, -0.1) is 0 Å². The van der Waals surface area contributed by atoms with Crippen LogP contribution in [0.2, 0.25) is 0 Å². The molecule has 0 atom stereocenters. The van der Waals surface area contributed by atoms with Crippen molar-refractivity contribution in [2.45, 2.75) is 19.0 Å². The summed E-state index contributed by atoms with van der Waals surface area (Å²) in [6, 6.07) is 5.27. The van der Waals surface area contributed by atoms with Gasteiger partial charge in [0.25, 0.3) is 0 Å². The molecule has 0 unspecified atom stereocenters. The number of hydrogen-bond donors (Lipinski definition) is 0. The molecule has 0 radical (unpaired) electrons. The Morgan fingerprint density at radius 2 is 2.00 bits per heavy atom. The molecule has 0 bridgehead atoms. The summed E-state index contributed by atoms with van der Waals surface area (Å²) >= 11 is 0. The maximum absolute atomic E-state index is 13.2. The van der Waals surface area contributed by atoms with Gasteiger partial charge in [-0.05, 0) is 24.6 Å². The lowest BCUT2D eigenvalue weighted by molar-refractivity contribution is -0.136. The topological polar surface area (TPSA) is 33.0 Å². The molecule has 0 N–H and O–H groups in total.